The number of hydrogen-bond acceptors (Lipinski definition) is 3. The van der Waals surface area contributed by atoms with Gasteiger partial charge in [-0.15, -0.1) is 0 Å². The normalized spacial score (nSPS) is 10.8. The molecular weight excluding hydrogens is 276 g/mol. The van der Waals surface area contributed by atoms with Crippen LogP contribution in [0.1, 0.15) is 11.3 Å². The number of rotatable bonds is 6. The molecule has 0 aliphatic heterocycles. The highest BCUT2D eigenvalue weighted by Gasteiger charge is 2.08. The molecule has 0 fully saturated rings. The molecule has 4 nitrogen and oxygen atoms in total. The lowest BCUT2D eigenvalue weighted by Crippen LogP contribution is -2.34. The highest BCUT2D eigenvalue weighted by molar-refractivity contribution is 6.31. The average molecular weight is 293 g/mol. The summed E-state index contributed by atoms with van der Waals surface area (Å²) in [6, 6.07) is 11.2. The van der Waals surface area contributed by atoms with Crippen LogP contribution in [0.15, 0.2) is 47.1 Å². The van der Waals surface area contributed by atoms with Crippen molar-refractivity contribution in [2.75, 3.05) is 13.6 Å². The number of halogens is 1. The molecule has 5 heteroatoms. The molecule has 1 amide bonds. The second-order valence-corrected chi connectivity index (χ2v) is 5.03. The molecule has 20 heavy (non-hydrogen) atoms. The molecule has 0 atom stereocenters. The number of amides is 1. The Balaban J connectivity index is 1.76. The summed E-state index contributed by atoms with van der Waals surface area (Å²) in [6.07, 6.45) is 1.63. The summed E-state index contributed by atoms with van der Waals surface area (Å²) in [4.78, 5) is 13.7. The van der Waals surface area contributed by atoms with Crippen LogP contribution in [0, 0.1) is 0 Å². The Morgan fingerprint density at radius 1 is 1.30 bits per heavy atom. The van der Waals surface area contributed by atoms with Gasteiger partial charge in [0.1, 0.15) is 5.76 Å². The first-order valence-corrected chi connectivity index (χ1v) is 6.74. The smallest absolute Gasteiger partial charge is 0.234 e. The molecule has 0 unspecified atom stereocenters. The van der Waals surface area contributed by atoms with E-state index in [9.17, 15) is 4.79 Å². The standard InChI is InChI=1S/C15H17ClN2O2/c1-18(10-13-6-4-8-20-13)11-15(19)17-9-12-5-2-3-7-14(12)16/h2-8H,9-11H2,1H3,(H,17,19). The zero-order valence-corrected chi connectivity index (χ0v) is 12.1. The summed E-state index contributed by atoms with van der Waals surface area (Å²) in [5, 5.41) is 3.52. The number of carbonyl (C=O) groups is 1. The van der Waals surface area contributed by atoms with Gasteiger partial charge in [-0.25, -0.2) is 0 Å². The summed E-state index contributed by atoms with van der Waals surface area (Å²) < 4.78 is 5.24. The van der Waals surface area contributed by atoms with Crippen molar-refractivity contribution < 1.29 is 9.21 Å². The zero-order chi connectivity index (χ0) is 14.4. The van der Waals surface area contributed by atoms with E-state index >= 15 is 0 Å². The van der Waals surface area contributed by atoms with Crippen molar-refractivity contribution in [1.82, 2.24) is 10.2 Å². The first kappa shape index (κ1) is 14.6. The summed E-state index contributed by atoms with van der Waals surface area (Å²) >= 11 is 6.03. The first-order valence-electron chi connectivity index (χ1n) is 6.36. The number of hydrogen-bond donors (Lipinski definition) is 1. The van der Waals surface area contributed by atoms with Gasteiger partial charge >= 0.3 is 0 Å². The lowest BCUT2D eigenvalue weighted by Gasteiger charge is -2.15. The minimum Gasteiger partial charge on any atom is -0.468 e. The number of nitrogens with one attached hydrogen (secondary N) is 1. The molecule has 0 aliphatic rings. The molecule has 0 radical (unpaired) electrons. The molecule has 2 aromatic rings. The SMILES string of the molecule is CN(CC(=O)NCc1ccccc1Cl)Cc1ccco1. The molecule has 0 aliphatic carbocycles. The van der Waals surface area contributed by atoms with Crippen LogP contribution in [-0.4, -0.2) is 24.4 Å². The van der Waals surface area contributed by atoms with Crippen molar-refractivity contribution in [3.05, 3.63) is 59.0 Å². The predicted octanol–water partition coefficient (Wildman–Crippen LogP) is 2.68. The Labute approximate surface area is 123 Å². The Bertz CT molecular complexity index is 555. The van der Waals surface area contributed by atoms with Crippen molar-refractivity contribution >= 4 is 17.5 Å². The van der Waals surface area contributed by atoms with E-state index in [4.69, 9.17) is 16.0 Å². The Morgan fingerprint density at radius 2 is 2.10 bits per heavy atom. The second-order valence-electron chi connectivity index (χ2n) is 4.62. The van der Waals surface area contributed by atoms with Crippen LogP contribution >= 0.6 is 11.6 Å². The van der Waals surface area contributed by atoms with Gasteiger partial charge in [-0.1, -0.05) is 29.8 Å². The van der Waals surface area contributed by atoms with E-state index in [2.05, 4.69) is 5.32 Å². The lowest BCUT2D eigenvalue weighted by atomic mass is 10.2. The van der Waals surface area contributed by atoms with Crippen LogP contribution < -0.4 is 5.32 Å². The van der Waals surface area contributed by atoms with Gasteiger partial charge in [0.15, 0.2) is 0 Å². The van der Waals surface area contributed by atoms with Crippen LogP contribution in [0.25, 0.3) is 0 Å². The summed E-state index contributed by atoms with van der Waals surface area (Å²) in [6.45, 7) is 1.35. The van der Waals surface area contributed by atoms with Crippen molar-refractivity contribution in [2.24, 2.45) is 0 Å². The van der Waals surface area contributed by atoms with Crippen molar-refractivity contribution in [3.63, 3.8) is 0 Å². The summed E-state index contributed by atoms with van der Waals surface area (Å²) in [5.41, 5.74) is 0.913. The van der Waals surface area contributed by atoms with E-state index in [1.165, 1.54) is 0 Å². The molecule has 1 aromatic heterocycles. The molecular formula is C15H17ClN2O2. The van der Waals surface area contributed by atoms with Crippen LogP contribution in [0.3, 0.4) is 0 Å². The fraction of sp³-hybridized carbons (Fsp3) is 0.267. The van der Waals surface area contributed by atoms with Gasteiger partial charge in [-0.3, -0.25) is 9.69 Å². The molecule has 0 bridgehead atoms. The number of furan rings is 1. The second kappa shape index (κ2) is 7.12. The fourth-order valence-corrected chi connectivity index (χ4v) is 2.06. The van der Waals surface area contributed by atoms with Gasteiger partial charge in [0.2, 0.25) is 5.91 Å². The third kappa shape index (κ3) is 4.40. The molecule has 2 rings (SSSR count). The van der Waals surface area contributed by atoms with E-state index < -0.39 is 0 Å². The van der Waals surface area contributed by atoms with Gasteiger partial charge in [0.05, 0.1) is 19.4 Å². The monoisotopic (exact) mass is 292 g/mol. The molecule has 0 spiro atoms. The van der Waals surface area contributed by atoms with E-state index in [-0.39, 0.29) is 5.91 Å². The Hall–Kier alpha value is -1.78. The maximum atomic E-state index is 11.8. The van der Waals surface area contributed by atoms with Crippen LogP contribution in [0.4, 0.5) is 0 Å². The van der Waals surface area contributed by atoms with Gasteiger partial charge in [-0.05, 0) is 30.8 Å². The largest absolute Gasteiger partial charge is 0.468 e. The van der Waals surface area contributed by atoms with Gasteiger partial charge in [-0.2, -0.15) is 0 Å². The number of carbonyl (C=O) groups excluding carboxylic acids is 1. The van der Waals surface area contributed by atoms with Crippen LogP contribution in [0.2, 0.25) is 5.02 Å². The molecule has 0 saturated heterocycles. The fourth-order valence-electron chi connectivity index (χ4n) is 1.86. The number of likely N-dealkylation sites (N-methyl/N-ethyl adjacent to an activating group) is 1. The van der Waals surface area contributed by atoms with Gasteiger partial charge in [0.25, 0.3) is 0 Å². The topological polar surface area (TPSA) is 45.5 Å². The maximum absolute atomic E-state index is 11.8. The quantitative estimate of drug-likeness (QED) is 0.890. The zero-order valence-electron chi connectivity index (χ0n) is 11.3. The summed E-state index contributed by atoms with van der Waals surface area (Å²) in [7, 11) is 1.87. The number of benzene rings is 1. The minimum atomic E-state index is -0.0426. The van der Waals surface area contributed by atoms with Crippen LogP contribution in [0.5, 0.6) is 0 Å². The third-order valence-corrected chi connectivity index (χ3v) is 3.22. The van der Waals surface area contributed by atoms with Crippen molar-refractivity contribution in [3.8, 4) is 0 Å². The molecule has 1 heterocycles. The lowest BCUT2D eigenvalue weighted by molar-refractivity contribution is -0.122. The van der Waals surface area contributed by atoms with E-state index in [1.807, 2.05) is 48.3 Å². The highest BCUT2D eigenvalue weighted by Crippen LogP contribution is 2.14. The summed E-state index contributed by atoms with van der Waals surface area (Å²) in [5.74, 6) is 0.797. The molecule has 106 valence electrons. The van der Waals surface area contributed by atoms with Crippen LogP contribution in [-0.2, 0) is 17.9 Å². The molecule has 0 saturated carbocycles. The van der Waals surface area contributed by atoms with E-state index in [0.29, 0.717) is 24.7 Å². The molecule has 1 aromatic carbocycles. The third-order valence-electron chi connectivity index (χ3n) is 2.85. The number of nitrogens with zero attached hydrogens (tertiary/aromatic N) is 1. The Morgan fingerprint density at radius 3 is 2.80 bits per heavy atom. The average Bonchev–Trinajstić information content (AvgIpc) is 2.90. The van der Waals surface area contributed by atoms with Gasteiger partial charge < -0.3 is 9.73 Å². The minimum absolute atomic E-state index is 0.0426. The van der Waals surface area contributed by atoms with Gasteiger partial charge in [0, 0.05) is 11.6 Å². The Kier molecular flexibility index (Phi) is 5.21. The predicted molar refractivity (Wildman–Crippen MR) is 78.3 cm³/mol. The van der Waals surface area contributed by atoms with E-state index in [1.54, 1.807) is 6.26 Å². The first-order chi connectivity index (χ1) is 9.65. The van der Waals surface area contributed by atoms with Crippen molar-refractivity contribution in [2.45, 2.75) is 13.1 Å². The van der Waals surface area contributed by atoms with E-state index in [0.717, 1.165) is 11.3 Å². The maximum Gasteiger partial charge on any atom is 0.234 e. The van der Waals surface area contributed by atoms with Crippen molar-refractivity contribution in [1.29, 1.82) is 0 Å². The highest BCUT2D eigenvalue weighted by atomic mass is 35.5. The molecule has 1 N–H and O–H groups in total.